The van der Waals surface area contributed by atoms with E-state index in [2.05, 4.69) is 10.3 Å². The lowest BCUT2D eigenvalue weighted by molar-refractivity contribution is -0.118. The number of imidazole rings is 1. The van der Waals surface area contributed by atoms with E-state index in [0.29, 0.717) is 12.1 Å². The number of hydrogen-bond donors (Lipinski definition) is 1. The van der Waals surface area contributed by atoms with E-state index in [1.807, 2.05) is 66.2 Å². The van der Waals surface area contributed by atoms with Crippen molar-refractivity contribution in [2.24, 2.45) is 0 Å². The molecule has 6 nitrogen and oxygen atoms in total. The van der Waals surface area contributed by atoms with E-state index in [-0.39, 0.29) is 16.9 Å². The summed E-state index contributed by atoms with van der Waals surface area (Å²) in [5.74, 6) is 0.801. The predicted molar refractivity (Wildman–Crippen MR) is 119 cm³/mol. The van der Waals surface area contributed by atoms with Crippen molar-refractivity contribution < 1.29 is 14.3 Å². The quantitative estimate of drug-likeness (QED) is 0.417. The molecule has 0 fully saturated rings. The lowest BCUT2D eigenvalue weighted by Crippen LogP contribution is -2.22. The molecular formula is C23H25N3O3S. The van der Waals surface area contributed by atoms with Crippen molar-refractivity contribution in [1.29, 1.82) is 0 Å². The second kappa shape index (κ2) is 10.1. The van der Waals surface area contributed by atoms with Gasteiger partial charge in [0.2, 0.25) is 5.91 Å². The zero-order chi connectivity index (χ0) is 21.5. The van der Waals surface area contributed by atoms with Gasteiger partial charge in [0.15, 0.2) is 10.9 Å². The molecule has 0 bridgehead atoms. The van der Waals surface area contributed by atoms with Crippen LogP contribution in [0.25, 0.3) is 5.69 Å². The first-order chi connectivity index (χ1) is 14.5. The zero-order valence-electron chi connectivity index (χ0n) is 17.3. The normalized spacial score (nSPS) is 11.7. The molecule has 0 saturated heterocycles. The fourth-order valence-corrected chi connectivity index (χ4v) is 3.94. The van der Waals surface area contributed by atoms with Crippen LogP contribution in [0.3, 0.4) is 0 Å². The van der Waals surface area contributed by atoms with Crippen molar-refractivity contribution in [3.63, 3.8) is 0 Å². The van der Waals surface area contributed by atoms with Gasteiger partial charge in [-0.15, -0.1) is 0 Å². The number of carbonyl (C=O) groups excluding carboxylic acids is 2. The smallest absolute Gasteiger partial charge is 0.216 e. The van der Waals surface area contributed by atoms with Gasteiger partial charge in [-0.1, -0.05) is 36.0 Å². The van der Waals surface area contributed by atoms with Crippen molar-refractivity contribution in [3.05, 3.63) is 72.1 Å². The van der Waals surface area contributed by atoms with Gasteiger partial charge in [0, 0.05) is 37.1 Å². The summed E-state index contributed by atoms with van der Waals surface area (Å²) in [5.41, 5.74) is 2.70. The van der Waals surface area contributed by atoms with Crippen LogP contribution in [0, 0.1) is 0 Å². The van der Waals surface area contributed by atoms with Crippen LogP contribution in [-0.4, -0.2) is 40.1 Å². The van der Waals surface area contributed by atoms with Crippen molar-refractivity contribution >= 4 is 23.5 Å². The SMILES string of the molecule is COc1ccc(-n2ccnc2SC(C)C(=O)c2ccc(CCNC(C)=O)cc2)cc1. The van der Waals surface area contributed by atoms with Crippen molar-refractivity contribution in [3.8, 4) is 11.4 Å². The highest BCUT2D eigenvalue weighted by molar-refractivity contribution is 8.00. The Hall–Kier alpha value is -3.06. The molecule has 7 heteroatoms. The lowest BCUT2D eigenvalue weighted by Gasteiger charge is -2.13. The third-order valence-electron chi connectivity index (χ3n) is 4.63. The highest BCUT2D eigenvalue weighted by Crippen LogP contribution is 2.27. The van der Waals surface area contributed by atoms with E-state index in [0.717, 1.165) is 28.6 Å². The number of aromatic nitrogens is 2. The molecule has 0 radical (unpaired) electrons. The van der Waals surface area contributed by atoms with E-state index < -0.39 is 0 Å². The van der Waals surface area contributed by atoms with E-state index in [1.165, 1.54) is 18.7 Å². The number of nitrogens with one attached hydrogen (secondary N) is 1. The van der Waals surface area contributed by atoms with Gasteiger partial charge < -0.3 is 10.1 Å². The van der Waals surface area contributed by atoms with Gasteiger partial charge in [-0.25, -0.2) is 4.98 Å². The molecule has 1 atom stereocenters. The Morgan fingerprint density at radius 3 is 2.47 bits per heavy atom. The fourth-order valence-electron chi connectivity index (χ4n) is 2.98. The number of methoxy groups -OCH3 is 1. The molecular weight excluding hydrogens is 398 g/mol. The molecule has 156 valence electrons. The van der Waals surface area contributed by atoms with Gasteiger partial charge in [-0.2, -0.15) is 0 Å². The second-order valence-electron chi connectivity index (χ2n) is 6.83. The fraction of sp³-hybridized carbons (Fsp3) is 0.261. The van der Waals surface area contributed by atoms with Gasteiger partial charge in [-0.3, -0.25) is 14.2 Å². The van der Waals surface area contributed by atoms with Gasteiger partial charge >= 0.3 is 0 Å². The summed E-state index contributed by atoms with van der Waals surface area (Å²) in [5, 5.41) is 3.25. The minimum absolute atomic E-state index is 0.0411. The number of nitrogens with zero attached hydrogens (tertiary/aromatic N) is 2. The molecule has 30 heavy (non-hydrogen) atoms. The number of ether oxygens (including phenoxy) is 1. The molecule has 1 aromatic heterocycles. The van der Waals surface area contributed by atoms with Gasteiger partial charge in [0.05, 0.1) is 12.4 Å². The number of ketones is 1. The molecule has 1 heterocycles. The summed E-state index contributed by atoms with van der Waals surface area (Å²) < 4.78 is 7.17. The monoisotopic (exact) mass is 423 g/mol. The van der Waals surface area contributed by atoms with Crippen LogP contribution in [0.2, 0.25) is 0 Å². The molecule has 1 N–H and O–H groups in total. The lowest BCUT2D eigenvalue weighted by atomic mass is 10.0. The molecule has 0 saturated carbocycles. The predicted octanol–water partition coefficient (Wildman–Crippen LogP) is 3.92. The van der Waals surface area contributed by atoms with E-state index >= 15 is 0 Å². The van der Waals surface area contributed by atoms with Crippen LogP contribution < -0.4 is 10.1 Å². The summed E-state index contributed by atoms with van der Waals surface area (Å²) in [6.07, 6.45) is 4.34. The Balaban J connectivity index is 1.65. The Labute approximate surface area is 180 Å². The average molecular weight is 424 g/mol. The molecule has 0 aliphatic rings. The van der Waals surface area contributed by atoms with Crippen LogP contribution in [-0.2, 0) is 11.2 Å². The van der Waals surface area contributed by atoms with Crippen LogP contribution in [0.15, 0.2) is 66.1 Å². The largest absolute Gasteiger partial charge is 0.497 e. The van der Waals surface area contributed by atoms with Gasteiger partial charge in [0.25, 0.3) is 0 Å². The molecule has 3 aromatic rings. The molecule has 0 aliphatic carbocycles. The Kier molecular flexibility index (Phi) is 7.30. The number of thioether (sulfide) groups is 1. The number of hydrogen-bond acceptors (Lipinski definition) is 5. The van der Waals surface area contributed by atoms with Crippen molar-refractivity contribution in [2.45, 2.75) is 30.7 Å². The average Bonchev–Trinajstić information content (AvgIpc) is 3.21. The van der Waals surface area contributed by atoms with Crippen LogP contribution in [0.1, 0.15) is 29.8 Å². The first kappa shape index (κ1) is 21.6. The van der Waals surface area contributed by atoms with Gasteiger partial charge in [0.1, 0.15) is 5.75 Å². The maximum atomic E-state index is 12.9. The Morgan fingerprint density at radius 1 is 1.13 bits per heavy atom. The number of rotatable bonds is 9. The summed E-state index contributed by atoms with van der Waals surface area (Å²) in [4.78, 5) is 28.3. The number of Topliss-reactive ketones (excluding diaryl/α,β-unsaturated/α-hetero) is 1. The van der Waals surface area contributed by atoms with Crippen LogP contribution in [0.5, 0.6) is 5.75 Å². The summed E-state index contributed by atoms with van der Waals surface area (Å²) in [7, 11) is 1.64. The van der Waals surface area contributed by atoms with Crippen molar-refractivity contribution in [2.75, 3.05) is 13.7 Å². The zero-order valence-corrected chi connectivity index (χ0v) is 18.1. The topological polar surface area (TPSA) is 73.2 Å². The molecule has 0 spiro atoms. The van der Waals surface area contributed by atoms with E-state index in [9.17, 15) is 9.59 Å². The summed E-state index contributed by atoms with van der Waals surface area (Å²) >= 11 is 1.43. The summed E-state index contributed by atoms with van der Waals surface area (Å²) in [6.45, 7) is 3.98. The van der Waals surface area contributed by atoms with E-state index in [4.69, 9.17) is 4.74 Å². The minimum atomic E-state index is -0.283. The first-order valence-electron chi connectivity index (χ1n) is 9.70. The maximum Gasteiger partial charge on any atom is 0.216 e. The highest BCUT2D eigenvalue weighted by Gasteiger charge is 2.19. The van der Waals surface area contributed by atoms with Gasteiger partial charge in [-0.05, 0) is 43.2 Å². The highest BCUT2D eigenvalue weighted by atomic mass is 32.2. The molecule has 0 aliphatic heterocycles. The molecule has 2 aromatic carbocycles. The maximum absolute atomic E-state index is 12.9. The van der Waals surface area contributed by atoms with Crippen LogP contribution >= 0.6 is 11.8 Å². The Bertz CT molecular complexity index is 997. The van der Waals surface area contributed by atoms with E-state index in [1.54, 1.807) is 13.3 Å². The van der Waals surface area contributed by atoms with Crippen molar-refractivity contribution in [1.82, 2.24) is 14.9 Å². The molecule has 1 amide bonds. The number of amides is 1. The Morgan fingerprint density at radius 2 is 1.83 bits per heavy atom. The number of benzene rings is 2. The standard InChI is InChI=1S/C23H25N3O3S/c1-16(22(28)19-6-4-18(5-7-19)12-13-24-17(2)27)30-23-25-14-15-26(23)20-8-10-21(29-3)11-9-20/h4-11,14-16H,12-13H2,1-3H3,(H,24,27). The molecule has 3 rings (SSSR count). The van der Waals surface area contributed by atoms with Crippen LogP contribution in [0.4, 0.5) is 0 Å². The second-order valence-corrected chi connectivity index (χ2v) is 8.14. The third kappa shape index (κ3) is 5.51. The third-order valence-corrected chi connectivity index (χ3v) is 5.72. The molecule has 1 unspecified atom stereocenters. The first-order valence-corrected chi connectivity index (χ1v) is 10.6. The minimum Gasteiger partial charge on any atom is -0.497 e. The summed E-state index contributed by atoms with van der Waals surface area (Å²) in [6, 6.07) is 15.3. The number of carbonyl (C=O) groups is 2.